The van der Waals surface area contributed by atoms with Gasteiger partial charge in [0.25, 0.3) is 5.91 Å². The molecule has 0 radical (unpaired) electrons. The Balaban J connectivity index is 2.05. The number of sulfonamides is 1. The first-order valence-corrected chi connectivity index (χ1v) is 10.0. The zero-order valence-electron chi connectivity index (χ0n) is 14.2. The van der Waals surface area contributed by atoms with Crippen LogP contribution in [0.25, 0.3) is 0 Å². The van der Waals surface area contributed by atoms with Crippen molar-refractivity contribution < 1.29 is 13.2 Å². The van der Waals surface area contributed by atoms with Gasteiger partial charge in [-0.15, -0.1) is 0 Å². The second-order valence-corrected chi connectivity index (χ2v) is 8.22. The smallest absolute Gasteiger partial charge is 0.253 e. The molecule has 2 rings (SSSR count). The number of nitrogens with zero attached hydrogens (tertiary/aromatic N) is 2. The van der Waals surface area contributed by atoms with Crippen LogP contribution in [0.1, 0.15) is 48.5 Å². The van der Waals surface area contributed by atoms with Gasteiger partial charge in [-0.1, -0.05) is 26.0 Å². The molecule has 1 aliphatic heterocycles. The van der Waals surface area contributed by atoms with E-state index in [1.807, 2.05) is 24.3 Å². The molecule has 1 aliphatic rings. The molecule has 6 heteroatoms. The number of amides is 1. The quantitative estimate of drug-likeness (QED) is 0.846. The highest BCUT2D eigenvalue weighted by Gasteiger charge is 2.24. The topological polar surface area (TPSA) is 57.7 Å². The van der Waals surface area contributed by atoms with Gasteiger partial charge in [0, 0.05) is 31.7 Å². The summed E-state index contributed by atoms with van der Waals surface area (Å²) in [6.45, 7) is 6.21. The molecule has 0 aliphatic carbocycles. The molecular formula is C17H26N2O3S. The van der Waals surface area contributed by atoms with Crippen LogP contribution in [0.5, 0.6) is 0 Å². The normalized spacial score (nSPS) is 18.5. The Morgan fingerprint density at radius 1 is 1.13 bits per heavy atom. The van der Waals surface area contributed by atoms with Crippen LogP contribution in [-0.2, 0) is 10.0 Å². The average Bonchev–Trinajstić information content (AvgIpc) is 2.79. The fourth-order valence-corrected chi connectivity index (χ4v) is 3.68. The van der Waals surface area contributed by atoms with Gasteiger partial charge in [-0.05, 0) is 36.5 Å². The lowest BCUT2D eigenvalue weighted by Crippen LogP contribution is -2.36. The van der Waals surface area contributed by atoms with Crippen molar-refractivity contribution in [2.75, 3.05) is 32.4 Å². The molecule has 1 unspecified atom stereocenters. The summed E-state index contributed by atoms with van der Waals surface area (Å²) in [5.74, 6) is 0.469. The molecule has 1 amide bonds. The molecule has 5 nitrogen and oxygen atoms in total. The molecule has 0 bridgehead atoms. The lowest BCUT2D eigenvalue weighted by atomic mass is 9.97. The first-order chi connectivity index (χ1) is 10.8. The summed E-state index contributed by atoms with van der Waals surface area (Å²) in [5, 5.41) is 0. The van der Waals surface area contributed by atoms with Crippen LogP contribution >= 0.6 is 0 Å². The van der Waals surface area contributed by atoms with E-state index in [9.17, 15) is 13.2 Å². The number of benzene rings is 1. The molecule has 1 aromatic rings. The second kappa shape index (κ2) is 7.45. The lowest BCUT2D eigenvalue weighted by molar-refractivity contribution is 0.0764. The Morgan fingerprint density at radius 3 is 2.35 bits per heavy atom. The van der Waals surface area contributed by atoms with E-state index in [0.29, 0.717) is 44.1 Å². The number of carbonyl (C=O) groups is 1. The van der Waals surface area contributed by atoms with Gasteiger partial charge >= 0.3 is 0 Å². The monoisotopic (exact) mass is 338 g/mol. The van der Waals surface area contributed by atoms with Gasteiger partial charge in [0.15, 0.2) is 0 Å². The van der Waals surface area contributed by atoms with Gasteiger partial charge in [0.1, 0.15) is 0 Å². The third kappa shape index (κ3) is 4.54. The summed E-state index contributed by atoms with van der Waals surface area (Å²) in [6.07, 6.45) is 2.96. The van der Waals surface area contributed by atoms with Gasteiger partial charge < -0.3 is 4.90 Å². The van der Waals surface area contributed by atoms with E-state index < -0.39 is 10.0 Å². The fraction of sp³-hybridized carbons (Fsp3) is 0.588. The van der Waals surface area contributed by atoms with Gasteiger partial charge in [-0.2, -0.15) is 0 Å². The van der Waals surface area contributed by atoms with E-state index in [-0.39, 0.29) is 5.91 Å². The van der Waals surface area contributed by atoms with Gasteiger partial charge in [0.05, 0.1) is 6.26 Å². The lowest BCUT2D eigenvalue weighted by Gasteiger charge is -2.21. The second-order valence-electron chi connectivity index (χ2n) is 6.24. The maximum Gasteiger partial charge on any atom is 0.253 e. The number of hydrogen-bond donors (Lipinski definition) is 0. The van der Waals surface area contributed by atoms with Crippen LogP contribution in [0.4, 0.5) is 0 Å². The Labute approximate surface area is 139 Å². The van der Waals surface area contributed by atoms with Crippen molar-refractivity contribution in [3.05, 3.63) is 35.4 Å². The van der Waals surface area contributed by atoms with Gasteiger partial charge in [-0.25, -0.2) is 12.7 Å². The third-order valence-electron chi connectivity index (χ3n) is 4.55. The molecule has 1 atom stereocenters. The van der Waals surface area contributed by atoms with Crippen molar-refractivity contribution in [1.82, 2.24) is 9.21 Å². The van der Waals surface area contributed by atoms with Crippen molar-refractivity contribution >= 4 is 15.9 Å². The van der Waals surface area contributed by atoms with Crippen molar-refractivity contribution in [2.24, 2.45) is 0 Å². The minimum atomic E-state index is -3.19. The van der Waals surface area contributed by atoms with E-state index in [2.05, 4.69) is 13.8 Å². The van der Waals surface area contributed by atoms with Gasteiger partial charge in [-0.3, -0.25) is 4.79 Å². The number of hydrogen-bond acceptors (Lipinski definition) is 3. The Bertz CT molecular complexity index is 640. The van der Waals surface area contributed by atoms with Crippen LogP contribution in [0.3, 0.4) is 0 Å². The summed E-state index contributed by atoms with van der Waals surface area (Å²) >= 11 is 0. The van der Waals surface area contributed by atoms with Crippen molar-refractivity contribution in [3.8, 4) is 0 Å². The zero-order chi connectivity index (χ0) is 17.0. The van der Waals surface area contributed by atoms with E-state index >= 15 is 0 Å². The van der Waals surface area contributed by atoms with Crippen LogP contribution in [0, 0.1) is 0 Å². The molecule has 1 fully saturated rings. The average molecular weight is 338 g/mol. The molecule has 0 saturated carbocycles. The van der Waals surface area contributed by atoms with Crippen molar-refractivity contribution in [3.63, 3.8) is 0 Å². The SMILES string of the molecule is CCC(C)c1ccc(C(=O)N2CCCN(S(C)(=O)=O)CC2)cc1. The summed E-state index contributed by atoms with van der Waals surface area (Å²) in [4.78, 5) is 14.4. The maximum absolute atomic E-state index is 12.6. The highest BCUT2D eigenvalue weighted by atomic mass is 32.2. The van der Waals surface area contributed by atoms with E-state index in [1.165, 1.54) is 16.1 Å². The standard InChI is InChI=1S/C17H26N2O3S/c1-4-14(2)15-6-8-16(9-7-15)17(20)18-10-5-11-19(13-12-18)23(3,21)22/h6-9,14H,4-5,10-13H2,1-3H3. The molecule has 1 aromatic carbocycles. The van der Waals surface area contributed by atoms with E-state index in [0.717, 1.165) is 6.42 Å². The fourth-order valence-electron chi connectivity index (χ4n) is 2.80. The first-order valence-electron chi connectivity index (χ1n) is 8.17. The predicted octanol–water partition coefficient (Wildman–Crippen LogP) is 2.31. The highest BCUT2D eigenvalue weighted by molar-refractivity contribution is 7.88. The minimum absolute atomic E-state index is 0.0175. The molecule has 0 N–H and O–H groups in total. The minimum Gasteiger partial charge on any atom is -0.337 e. The molecule has 1 heterocycles. The van der Waals surface area contributed by atoms with Crippen LogP contribution in [0.15, 0.2) is 24.3 Å². The van der Waals surface area contributed by atoms with Crippen LogP contribution < -0.4 is 0 Å². The molecule has 0 spiro atoms. The Kier molecular flexibility index (Phi) is 5.81. The van der Waals surface area contributed by atoms with E-state index in [1.54, 1.807) is 4.90 Å². The Morgan fingerprint density at radius 2 is 1.78 bits per heavy atom. The number of carbonyl (C=O) groups excluding carboxylic acids is 1. The number of rotatable bonds is 4. The van der Waals surface area contributed by atoms with Gasteiger partial charge in [0.2, 0.25) is 10.0 Å². The molecule has 0 aromatic heterocycles. The summed E-state index contributed by atoms with van der Waals surface area (Å²) in [5.41, 5.74) is 1.91. The Hall–Kier alpha value is -1.40. The zero-order valence-corrected chi connectivity index (χ0v) is 15.0. The van der Waals surface area contributed by atoms with Crippen molar-refractivity contribution in [1.29, 1.82) is 0 Å². The summed E-state index contributed by atoms with van der Waals surface area (Å²) in [7, 11) is -3.19. The predicted molar refractivity (Wildman–Crippen MR) is 92.1 cm³/mol. The van der Waals surface area contributed by atoms with E-state index in [4.69, 9.17) is 0 Å². The molecule has 1 saturated heterocycles. The molecule has 128 valence electrons. The maximum atomic E-state index is 12.6. The largest absolute Gasteiger partial charge is 0.337 e. The summed E-state index contributed by atoms with van der Waals surface area (Å²) in [6, 6.07) is 7.79. The highest BCUT2D eigenvalue weighted by Crippen LogP contribution is 2.19. The summed E-state index contributed by atoms with van der Waals surface area (Å²) < 4.78 is 24.7. The molecule has 23 heavy (non-hydrogen) atoms. The van der Waals surface area contributed by atoms with Crippen molar-refractivity contribution in [2.45, 2.75) is 32.6 Å². The molecular weight excluding hydrogens is 312 g/mol. The first kappa shape index (κ1) is 17.9. The third-order valence-corrected chi connectivity index (χ3v) is 5.85. The van der Waals surface area contributed by atoms with Crippen LogP contribution in [-0.4, -0.2) is 56.0 Å². The van der Waals surface area contributed by atoms with Crippen LogP contribution in [0.2, 0.25) is 0 Å².